The Morgan fingerprint density at radius 1 is 1.35 bits per heavy atom. The van der Waals surface area contributed by atoms with Gasteiger partial charge in [0.2, 0.25) is 0 Å². The van der Waals surface area contributed by atoms with E-state index in [9.17, 15) is 9.59 Å². The fraction of sp³-hybridized carbons (Fsp3) is 0.750. The summed E-state index contributed by atoms with van der Waals surface area (Å²) < 4.78 is 13.6. The Balaban J connectivity index is 2.01. The highest BCUT2D eigenvalue weighted by Gasteiger charge is 2.38. The van der Waals surface area contributed by atoms with Crippen molar-refractivity contribution in [1.82, 2.24) is 9.55 Å². The lowest BCUT2D eigenvalue weighted by atomic mass is 10.2. The van der Waals surface area contributed by atoms with Crippen LogP contribution >= 0.6 is 0 Å². The predicted octanol–water partition coefficient (Wildman–Crippen LogP) is 2.54. The number of aromatic amines is 1. The van der Waals surface area contributed by atoms with E-state index in [2.05, 4.69) is 38.8 Å². The summed E-state index contributed by atoms with van der Waals surface area (Å²) in [4.78, 5) is 25.7. The van der Waals surface area contributed by atoms with Crippen LogP contribution in [0.25, 0.3) is 0 Å². The number of aromatic nitrogens is 2. The first-order valence-electron chi connectivity index (χ1n) is 8.13. The fourth-order valence-corrected chi connectivity index (χ4v) is 3.37. The largest absolute Gasteiger partial charge is 0.414 e. The Bertz CT molecular complexity index is 672. The second kappa shape index (κ2) is 6.37. The number of nitrogens with zero attached hydrogens (tertiary/aromatic N) is 1. The number of H-pyrrole nitrogens is 1. The van der Waals surface area contributed by atoms with Crippen LogP contribution in [0.1, 0.15) is 45.4 Å². The summed E-state index contributed by atoms with van der Waals surface area (Å²) in [5.74, 6) is 0. The minimum Gasteiger partial charge on any atom is -0.414 e. The molecule has 2 unspecified atom stereocenters. The van der Waals surface area contributed by atoms with E-state index in [1.165, 1.54) is 4.57 Å². The molecule has 0 amide bonds. The summed E-state index contributed by atoms with van der Waals surface area (Å²) >= 11 is 0. The molecule has 1 aromatic heterocycles. The van der Waals surface area contributed by atoms with Gasteiger partial charge in [0.05, 0.1) is 12.7 Å². The molecule has 0 spiro atoms. The van der Waals surface area contributed by atoms with Crippen LogP contribution < -0.4 is 11.2 Å². The molecule has 23 heavy (non-hydrogen) atoms. The summed E-state index contributed by atoms with van der Waals surface area (Å²) in [5.41, 5.74) is -0.257. The lowest BCUT2D eigenvalue weighted by Gasteiger charge is -2.36. The summed E-state index contributed by atoms with van der Waals surface area (Å²) in [6.45, 7) is 13.3. The quantitative estimate of drug-likeness (QED) is 0.855. The number of hydrogen-bond donors (Lipinski definition) is 1. The molecule has 0 bridgehead atoms. The minimum atomic E-state index is -1.80. The van der Waals surface area contributed by atoms with Crippen molar-refractivity contribution in [2.24, 2.45) is 0 Å². The molecule has 6 nitrogen and oxygen atoms in total. The molecule has 1 N–H and O–H groups in total. The van der Waals surface area contributed by atoms with Crippen molar-refractivity contribution in [3.05, 3.63) is 32.6 Å². The van der Waals surface area contributed by atoms with Gasteiger partial charge in [-0.25, -0.2) is 4.79 Å². The van der Waals surface area contributed by atoms with Gasteiger partial charge in [-0.15, -0.1) is 0 Å². The molecule has 1 aliphatic heterocycles. The van der Waals surface area contributed by atoms with Crippen LogP contribution in [0, 0.1) is 6.92 Å². The van der Waals surface area contributed by atoms with Crippen LogP contribution in [0.5, 0.6) is 0 Å². The fourth-order valence-electron chi connectivity index (χ4n) is 2.33. The Morgan fingerprint density at radius 3 is 2.61 bits per heavy atom. The highest BCUT2D eigenvalue weighted by atomic mass is 28.4. The highest BCUT2D eigenvalue weighted by Crippen LogP contribution is 2.37. The number of aryl methyl sites for hydroxylation is 1. The van der Waals surface area contributed by atoms with Crippen molar-refractivity contribution < 1.29 is 9.16 Å². The van der Waals surface area contributed by atoms with E-state index in [1.54, 1.807) is 13.1 Å². The third-order valence-electron chi connectivity index (χ3n) is 4.98. The number of ether oxygens (including phenoxy) is 1. The molecule has 0 aromatic carbocycles. The lowest BCUT2D eigenvalue weighted by Crippen LogP contribution is -2.42. The summed E-state index contributed by atoms with van der Waals surface area (Å²) in [6, 6.07) is 0. The molecule has 7 heteroatoms. The molecule has 2 heterocycles. The monoisotopic (exact) mass is 340 g/mol. The summed E-state index contributed by atoms with van der Waals surface area (Å²) in [7, 11) is -1.80. The topological polar surface area (TPSA) is 73.3 Å². The Labute approximate surface area is 138 Å². The molecule has 1 aliphatic rings. The zero-order valence-corrected chi connectivity index (χ0v) is 15.9. The Hall–Kier alpha value is -1.18. The standard InChI is InChI=1S/C16H28N2O4Si/c1-11-9-18(15(20)17-14(11)19)13-8-7-12(22-13)10-21-23(5,6)16(2,3)4/h9,12-13H,7-8,10H2,1-6H3,(H,17,19,20). The van der Waals surface area contributed by atoms with Crippen molar-refractivity contribution in [3.8, 4) is 0 Å². The van der Waals surface area contributed by atoms with E-state index in [0.717, 1.165) is 12.8 Å². The first-order valence-corrected chi connectivity index (χ1v) is 11.0. The molecule has 2 atom stereocenters. The van der Waals surface area contributed by atoms with Crippen LogP contribution in [0.4, 0.5) is 0 Å². The summed E-state index contributed by atoms with van der Waals surface area (Å²) in [5, 5.41) is 0.165. The van der Waals surface area contributed by atoms with E-state index < -0.39 is 14.0 Å². The average molecular weight is 340 g/mol. The minimum absolute atomic E-state index is 0.00624. The second-order valence-electron chi connectivity index (χ2n) is 7.84. The lowest BCUT2D eigenvalue weighted by molar-refractivity contribution is -0.0223. The van der Waals surface area contributed by atoms with Gasteiger partial charge in [-0.2, -0.15) is 0 Å². The zero-order chi connectivity index (χ0) is 17.4. The van der Waals surface area contributed by atoms with Crippen LogP contribution in [0.15, 0.2) is 15.8 Å². The number of hydrogen-bond acceptors (Lipinski definition) is 4. The van der Waals surface area contributed by atoms with Gasteiger partial charge < -0.3 is 9.16 Å². The highest BCUT2D eigenvalue weighted by molar-refractivity contribution is 6.74. The molecule has 0 radical (unpaired) electrons. The van der Waals surface area contributed by atoms with Gasteiger partial charge in [0.15, 0.2) is 8.32 Å². The van der Waals surface area contributed by atoms with Crippen molar-refractivity contribution in [2.45, 2.75) is 71.0 Å². The van der Waals surface area contributed by atoms with Gasteiger partial charge in [-0.05, 0) is 37.9 Å². The predicted molar refractivity (Wildman–Crippen MR) is 92.4 cm³/mol. The van der Waals surface area contributed by atoms with Crippen molar-refractivity contribution in [2.75, 3.05) is 6.61 Å². The van der Waals surface area contributed by atoms with E-state index >= 15 is 0 Å². The number of nitrogens with one attached hydrogen (secondary N) is 1. The van der Waals surface area contributed by atoms with Gasteiger partial charge in [0.25, 0.3) is 5.56 Å². The molecule has 1 saturated heterocycles. The van der Waals surface area contributed by atoms with Gasteiger partial charge >= 0.3 is 5.69 Å². The van der Waals surface area contributed by atoms with Crippen LogP contribution in [0.2, 0.25) is 18.1 Å². The van der Waals surface area contributed by atoms with E-state index in [0.29, 0.717) is 12.2 Å². The van der Waals surface area contributed by atoms with Gasteiger partial charge in [0, 0.05) is 11.8 Å². The van der Waals surface area contributed by atoms with Gasteiger partial charge in [-0.1, -0.05) is 20.8 Å². The first-order chi connectivity index (χ1) is 10.5. The van der Waals surface area contributed by atoms with Crippen LogP contribution in [0.3, 0.4) is 0 Å². The smallest absolute Gasteiger partial charge is 0.330 e. The SMILES string of the molecule is Cc1cn(C2CCC(CO[Si](C)(C)C(C)(C)C)O2)c(=O)[nH]c1=O. The van der Waals surface area contributed by atoms with Crippen molar-refractivity contribution >= 4 is 8.32 Å². The normalized spacial score (nSPS) is 22.5. The van der Waals surface area contributed by atoms with E-state index in [-0.39, 0.29) is 22.9 Å². The van der Waals surface area contributed by atoms with Gasteiger partial charge in [-0.3, -0.25) is 14.3 Å². The molecule has 0 saturated carbocycles. The maximum absolute atomic E-state index is 11.9. The van der Waals surface area contributed by atoms with Crippen molar-refractivity contribution in [1.29, 1.82) is 0 Å². The maximum atomic E-state index is 11.9. The average Bonchev–Trinajstić information content (AvgIpc) is 2.88. The molecule has 130 valence electrons. The Morgan fingerprint density at radius 2 is 2.00 bits per heavy atom. The third kappa shape index (κ3) is 4.02. The molecular weight excluding hydrogens is 312 g/mol. The molecule has 1 fully saturated rings. The van der Waals surface area contributed by atoms with Crippen LogP contribution in [-0.4, -0.2) is 30.6 Å². The third-order valence-corrected chi connectivity index (χ3v) is 9.48. The van der Waals surface area contributed by atoms with Crippen LogP contribution in [-0.2, 0) is 9.16 Å². The van der Waals surface area contributed by atoms with Crippen molar-refractivity contribution in [3.63, 3.8) is 0 Å². The second-order valence-corrected chi connectivity index (χ2v) is 12.6. The zero-order valence-electron chi connectivity index (χ0n) is 14.9. The maximum Gasteiger partial charge on any atom is 0.330 e. The molecule has 1 aromatic rings. The summed E-state index contributed by atoms with van der Waals surface area (Å²) in [6.07, 6.45) is 2.84. The van der Waals surface area contributed by atoms with Gasteiger partial charge in [0.1, 0.15) is 6.23 Å². The molecule has 2 rings (SSSR count). The van der Waals surface area contributed by atoms with E-state index in [1.807, 2.05) is 0 Å². The number of rotatable bonds is 4. The molecular formula is C16H28N2O4Si. The Kier molecular flexibility index (Phi) is 5.03. The van der Waals surface area contributed by atoms with E-state index in [4.69, 9.17) is 9.16 Å². The molecule has 0 aliphatic carbocycles. The first kappa shape index (κ1) is 18.2.